The van der Waals surface area contributed by atoms with Gasteiger partial charge in [0.1, 0.15) is 12.6 Å². The predicted octanol–water partition coefficient (Wildman–Crippen LogP) is 4.79. The van der Waals surface area contributed by atoms with Crippen LogP contribution in [0.4, 0.5) is 22.0 Å². The number of pyridine rings is 1. The molecule has 1 fully saturated rings. The molecule has 0 spiro atoms. The zero-order chi connectivity index (χ0) is 24.5. The average molecular weight is 478 g/mol. The number of alkyl halides is 5. The van der Waals surface area contributed by atoms with Crippen molar-refractivity contribution in [3.8, 4) is 17.3 Å². The summed E-state index contributed by atoms with van der Waals surface area (Å²) in [4.78, 5) is 26.3. The molecular weight excluding hydrogens is 459 g/mol. The molecule has 178 valence electrons. The molecule has 0 N–H and O–H groups in total. The van der Waals surface area contributed by atoms with E-state index < -0.39 is 42.6 Å². The van der Waals surface area contributed by atoms with Crippen LogP contribution < -0.4 is 4.74 Å². The molecule has 0 bridgehead atoms. The number of hydrogen-bond donors (Lipinski definition) is 0. The summed E-state index contributed by atoms with van der Waals surface area (Å²) in [5.41, 5.74) is 0.316. The van der Waals surface area contributed by atoms with Crippen molar-refractivity contribution in [3.05, 3.63) is 71.7 Å². The van der Waals surface area contributed by atoms with Gasteiger partial charge in [0.05, 0.1) is 11.1 Å². The van der Waals surface area contributed by atoms with Crippen LogP contribution in [0, 0.1) is 6.92 Å². The van der Waals surface area contributed by atoms with Gasteiger partial charge >= 0.3 is 6.18 Å². The summed E-state index contributed by atoms with van der Waals surface area (Å²) >= 11 is 0. The van der Waals surface area contributed by atoms with Gasteiger partial charge in [0, 0.05) is 43.2 Å². The number of hydrogen-bond acceptors (Lipinski definition) is 5. The number of carbonyl (C=O) groups is 1. The number of amides is 1. The number of ether oxygens (including phenoxy) is 1. The lowest BCUT2D eigenvalue weighted by atomic mass is 9.99. The number of carbonyl (C=O) groups excluding carboxylic acids is 1. The summed E-state index contributed by atoms with van der Waals surface area (Å²) in [6.07, 6.45) is -1.57. The number of aryl methyl sites for hydroxylation is 1. The lowest BCUT2D eigenvalue weighted by molar-refractivity contribution is -0.137. The second kappa shape index (κ2) is 8.96. The first-order chi connectivity index (χ1) is 16.1. The Morgan fingerprint density at radius 1 is 1.12 bits per heavy atom. The van der Waals surface area contributed by atoms with E-state index >= 15 is 0 Å². The highest BCUT2D eigenvalue weighted by atomic mass is 19.4. The molecule has 0 radical (unpaired) electrons. The van der Waals surface area contributed by atoms with E-state index in [-0.39, 0.29) is 23.8 Å². The fourth-order valence-electron chi connectivity index (χ4n) is 3.80. The van der Waals surface area contributed by atoms with Crippen LogP contribution in [0.15, 0.2) is 55.0 Å². The van der Waals surface area contributed by atoms with Crippen LogP contribution in [0.25, 0.3) is 11.4 Å². The molecule has 1 atom stereocenters. The molecule has 3 aromatic rings. The van der Waals surface area contributed by atoms with Gasteiger partial charge < -0.3 is 9.64 Å². The first-order valence-electron chi connectivity index (χ1n) is 10.3. The Bertz CT molecular complexity index is 1170. The Morgan fingerprint density at radius 2 is 1.85 bits per heavy atom. The lowest BCUT2D eigenvalue weighted by Gasteiger charge is -2.28. The van der Waals surface area contributed by atoms with Crippen molar-refractivity contribution < 1.29 is 31.5 Å². The van der Waals surface area contributed by atoms with Gasteiger partial charge in [-0.05, 0) is 30.7 Å². The van der Waals surface area contributed by atoms with E-state index in [1.807, 2.05) is 0 Å². The zero-order valence-corrected chi connectivity index (χ0v) is 17.9. The minimum Gasteiger partial charge on any atom is -0.475 e. The fraction of sp³-hybridized carbons (Fsp3) is 0.304. The third-order valence-corrected chi connectivity index (χ3v) is 5.56. The van der Waals surface area contributed by atoms with Gasteiger partial charge in [-0.3, -0.25) is 4.79 Å². The summed E-state index contributed by atoms with van der Waals surface area (Å²) in [6.45, 7) is 0.904. The normalized spacial score (nSPS) is 17.6. The minimum absolute atomic E-state index is 0.168. The van der Waals surface area contributed by atoms with Crippen molar-refractivity contribution in [3.63, 3.8) is 0 Å². The number of halogens is 5. The van der Waals surface area contributed by atoms with Crippen LogP contribution in [-0.4, -0.2) is 50.9 Å². The summed E-state index contributed by atoms with van der Waals surface area (Å²) in [7, 11) is 0. The van der Waals surface area contributed by atoms with Crippen LogP contribution in [0.5, 0.6) is 5.88 Å². The Balaban J connectivity index is 1.58. The fourth-order valence-corrected chi connectivity index (χ4v) is 3.80. The third kappa shape index (κ3) is 4.68. The van der Waals surface area contributed by atoms with Gasteiger partial charge in [-0.1, -0.05) is 12.1 Å². The SMILES string of the molecule is Cc1cccc(C(=O)N2CCC(F)(F)[C@H]2COc2ccc(C(F)(F)F)cn2)c1-c1ncccn1. The molecule has 11 heteroatoms. The van der Waals surface area contributed by atoms with Crippen LogP contribution in [0.3, 0.4) is 0 Å². The van der Waals surface area contributed by atoms with Gasteiger partial charge in [-0.15, -0.1) is 0 Å². The van der Waals surface area contributed by atoms with Gasteiger partial charge in [0.15, 0.2) is 5.82 Å². The van der Waals surface area contributed by atoms with Gasteiger partial charge in [-0.2, -0.15) is 13.2 Å². The molecule has 1 aromatic carbocycles. The molecule has 1 amide bonds. The molecule has 0 aliphatic carbocycles. The van der Waals surface area contributed by atoms with E-state index in [2.05, 4.69) is 15.0 Å². The number of nitrogens with zero attached hydrogens (tertiary/aromatic N) is 4. The van der Waals surface area contributed by atoms with E-state index in [4.69, 9.17) is 4.74 Å². The van der Waals surface area contributed by atoms with E-state index in [0.717, 1.165) is 17.0 Å². The quantitative estimate of drug-likeness (QED) is 0.493. The van der Waals surface area contributed by atoms with Crippen molar-refractivity contribution in [2.24, 2.45) is 0 Å². The smallest absolute Gasteiger partial charge is 0.417 e. The Kier molecular flexibility index (Phi) is 6.20. The van der Waals surface area contributed by atoms with Crippen molar-refractivity contribution in [2.75, 3.05) is 13.2 Å². The van der Waals surface area contributed by atoms with Crippen LogP contribution in [0.2, 0.25) is 0 Å². The van der Waals surface area contributed by atoms with Crippen LogP contribution in [0.1, 0.15) is 27.9 Å². The molecule has 1 saturated heterocycles. The third-order valence-electron chi connectivity index (χ3n) is 5.56. The monoisotopic (exact) mass is 478 g/mol. The largest absolute Gasteiger partial charge is 0.475 e. The second-order valence-electron chi connectivity index (χ2n) is 7.79. The highest BCUT2D eigenvalue weighted by molar-refractivity contribution is 6.01. The first kappa shape index (κ1) is 23.5. The van der Waals surface area contributed by atoms with Crippen molar-refractivity contribution in [1.82, 2.24) is 19.9 Å². The van der Waals surface area contributed by atoms with Crippen molar-refractivity contribution in [1.29, 1.82) is 0 Å². The van der Waals surface area contributed by atoms with Gasteiger partial charge in [0.25, 0.3) is 11.8 Å². The standard InChI is InChI=1S/C23H19F5N4O2/c1-14-4-2-5-16(19(14)20-29-9-3-10-30-20)21(33)32-11-8-22(24,25)17(32)13-34-18-7-6-15(12-31-18)23(26,27)28/h2-7,9-10,12,17H,8,11,13H2,1H3/t17-/m1/s1. The number of likely N-dealkylation sites (tertiary alicyclic amines) is 1. The predicted molar refractivity (Wildman–Crippen MR) is 111 cm³/mol. The lowest BCUT2D eigenvalue weighted by Crippen LogP contribution is -2.46. The first-order valence-corrected chi connectivity index (χ1v) is 10.3. The van der Waals surface area contributed by atoms with Gasteiger partial charge in [0.2, 0.25) is 5.88 Å². The second-order valence-corrected chi connectivity index (χ2v) is 7.79. The molecule has 0 saturated carbocycles. The molecule has 6 nitrogen and oxygen atoms in total. The van der Waals surface area contributed by atoms with Gasteiger partial charge in [-0.25, -0.2) is 23.7 Å². The van der Waals surface area contributed by atoms with Crippen molar-refractivity contribution >= 4 is 5.91 Å². The minimum atomic E-state index is -4.58. The number of aromatic nitrogens is 3. The molecule has 34 heavy (non-hydrogen) atoms. The molecule has 3 heterocycles. The number of rotatable bonds is 5. The molecule has 1 aliphatic rings. The van der Waals surface area contributed by atoms with E-state index in [0.29, 0.717) is 17.3 Å². The highest BCUT2D eigenvalue weighted by Gasteiger charge is 2.51. The summed E-state index contributed by atoms with van der Waals surface area (Å²) in [6, 6.07) is 6.61. The average Bonchev–Trinajstić information content (AvgIpc) is 3.11. The summed E-state index contributed by atoms with van der Waals surface area (Å²) in [5, 5.41) is 0. The maximum Gasteiger partial charge on any atom is 0.417 e. The Morgan fingerprint density at radius 3 is 2.50 bits per heavy atom. The highest BCUT2D eigenvalue weighted by Crippen LogP contribution is 2.37. The van der Waals surface area contributed by atoms with E-state index in [1.54, 1.807) is 25.1 Å². The maximum atomic E-state index is 14.7. The zero-order valence-electron chi connectivity index (χ0n) is 17.9. The van der Waals surface area contributed by atoms with Crippen molar-refractivity contribution in [2.45, 2.75) is 31.5 Å². The molecular formula is C23H19F5N4O2. The molecule has 1 aliphatic heterocycles. The molecule has 0 unspecified atom stereocenters. The Hall–Kier alpha value is -3.63. The summed E-state index contributed by atoms with van der Waals surface area (Å²) in [5.74, 6) is -3.86. The topological polar surface area (TPSA) is 68.2 Å². The van der Waals surface area contributed by atoms with Crippen LogP contribution in [-0.2, 0) is 6.18 Å². The van der Waals surface area contributed by atoms with Crippen LogP contribution >= 0.6 is 0 Å². The maximum absolute atomic E-state index is 14.7. The Labute approximate surface area is 191 Å². The number of benzene rings is 1. The van der Waals surface area contributed by atoms with E-state index in [1.165, 1.54) is 18.5 Å². The summed E-state index contributed by atoms with van der Waals surface area (Å²) < 4.78 is 72.8. The van der Waals surface area contributed by atoms with E-state index in [9.17, 15) is 26.7 Å². The molecule has 2 aromatic heterocycles. The molecule has 4 rings (SSSR count).